The number of rotatable bonds is 4. The summed E-state index contributed by atoms with van der Waals surface area (Å²) in [6, 6.07) is 13.9. The highest BCUT2D eigenvalue weighted by Gasteiger charge is 2.26. The Labute approximate surface area is 170 Å². The molecule has 0 spiro atoms. The second-order valence-electron chi connectivity index (χ2n) is 7.26. The second-order valence-corrected chi connectivity index (χ2v) is 8.91. The maximum Gasteiger partial charge on any atom is 0.293 e. The van der Waals surface area contributed by atoms with Crippen molar-refractivity contribution >= 4 is 27.3 Å². The van der Waals surface area contributed by atoms with Gasteiger partial charge in [0.05, 0.1) is 11.2 Å². The maximum atomic E-state index is 12.8. The molecule has 0 saturated heterocycles. The summed E-state index contributed by atoms with van der Waals surface area (Å²) in [5.41, 5.74) is 3.90. The third-order valence-electron chi connectivity index (χ3n) is 5.05. The van der Waals surface area contributed by atoms with Gasteiger partial charge in [0.25, 0.3) is 15.9 Å². The van der Waals surface area contributed by atoms with Gasteiger partial charge in [-0.25, -0.2) is 8.42 Å². The van der Waals surface area contributed by atoms with Crippen molar-refractivity contribution in [3.8, 4) is 0 Å². The van der Waals surface area contributed by atoms with Gasteiger partial charge in [-0.3, -0.25) is 9.52 Å². The number of nitrogens with zero attached hydrogens (tertiary/aromatic N) is 1. The Morgan fingerprint density at radius 1 is 1.10 bits per heavy atom. The summed E-state index contributed by atoms with van der Waals surface area (Å²) >= 11 is 0. The molecule has 0 unspecified atom stereocenters. The molecule has 4 rings (SSSR count). The number of sulfonamides is 1. The van der Waals surface area contributed by atoms with Gasteiger partial charge in [-0.2, -0.15) is 0 Å². The van der Waals surface area contributed by atoms with Crippen molar-refractivity contribution in [3.05, 3.63) is 77.2 Å². The number of anilines is 2. The van der Waals surface area contributed by atoms with Crippen LogP contribution in [0.3, 0.4) is 0 Å². The minimum absolute atomic E-state index is 0.195. The van der Waals surface area contributed by atoms with Crippen LogP contribution in [0.1, 0.15) is 33.7 Å². The van der Waals surface area contributed by atoms with Gasteiger partial charge in [0.2, 0.25) is 0 Å². The largest absolute Gasteiger partial charge is 0.459 e. The number of furan rings is 1. The molecule has 3 aromatic rings. The minimum atomic E-state index is -3.70. The predicted molar refractivity (Wildman–Crippen MR) is 112 cm³/mol. The summed E-state index contributed by atoms with van der Waals surface area (Å²) < 4.78 is 33.6. The quantitative estimate of drug-likeness (QED) is 0.696. The van der Waals surface area contributed by atoms with E-state index in [0.717, 1.165) is 29.7 Å². The zero-order valence-corrected chi connectivity index (χ0v) is 17.1. The Bertz CT molecular complexity index is 1170. The first-order valence-corrected chi connectivity index (χ1v) is 10.9. The van der Waals surface area contributed by atoms with E-state index in [1.54, 1.807) is 54.3 Å². The molecule has 1 aromatic heterocycles. The minimum Gasteiger partial charge on any atom is -0.459 e. The average molecular weight is 410 g/mol. The molecule has 0 bridgehead atoms. The number of amides is 1. The van der Waals surface area contributed by atoms with Crippen LogP contribution in [-0.2, 0) is 16.4 Å². The molecule has 0 saturated carbocycles. The zero-order chi connectivity index (χ0) is 20.6. The first kappa shape index (κ1) is 19.3. The number of carbonyl (C=O) groups excluding carboxylic acids is 1. The fourth-order valence-corrected chi connectivity index (χ4v) is 4.99. The van der Waals surface area contributed by atoms with Crippen molar-refractivity contribution in [1.29, 1.82) is 0 Å². The first-order chi connectivity index (χ1) is 13.8. The molecule has 2 heterocycles. The number of hydrogen-bond acceptors (Lipinski definition) is 4. The van der Waals surface area contributed by atoms with Gasteiger partial charge < -0.3 is 9.32 Å². The number of nitrogens with one attached hydrogen (secondary N) is 1. The highest BCUT2D eigenvalue weighted by atomic mass is 32.2. The van der Waals surface area contributed by atoms with Gasteiger partial charge in [0.15, 0.2) is 5.76 Å². The first-order valence-electron chi connectivity index (χ1n) is 9.43. The third-order valence-corrected chi connectivity index (χ3v) is 6.59. The molecule has 1 aliphatic rings. The van der Waals surface area contributed by atoms with Crippen molar-refractivity contribution in [1.82, 2.24) is 0 Å². The van der Waals surface area contributed by atoms with E-state index in [9.17, 15) is 13.2 Å². The fourth-order valence-electron chi connectivity index (χ4n) is 3.72. The summed E-state index contributed by atoms with van der Waals surface area (Å²) in [6.07, 6.45) is 3.05. The summed E-state index contributed by atoms with van der Waals surface area (Å²) in [5.74, 6) is 0.0945. The fraction of sp³-hybridized carbons (Fsp3) is 0.227. The average Bonchev–Trinajstić information content (AvgIpc) is 3.21. The van der Waals surface area contributed by atoms with Crippen LogP contribution in [0.4, 0.5) is 11.4 Å². The van der Waals surface area contributed by atoms with E-state index in [0.29, 0.717) is 17.8 Å². The topological polar surface area (TPSA) is 79.6 Å². The smallest absolute Gasteiger partial charge is 0.293 e. The molecule has 1 aliphatic heterocycles. The van der Waals surface area contributed by atoms with Crippen LogP contribution >= 0.6 is 0 Å². The van der Waals surface area contributed by atoms with E-state index in [-0.39, 0.29) is 16.6 Å². The molecule has 2 aromatic carbocycles. The van der Waals surface area contributed by atoms with Crippen LogP contribution in [0.15, 0.2) is 64.1 Å². The monoisotopic (exact) mass is 410 g/mol. The van der Waals surface area contributed by atoms with Crippen LogP contribution in [0.5, 0.6) is 0 Å². The predicted octanol–water partition coefficient (Wildman–Crippen LogP) is 4.29. The third kappa shape index (κ3) is 3.78. The highest BCUT2D eigenvalue weighted by Crippen LogP contribution is 2.32. The van der Waals surface area contributed by atoms with Crippen molar-refractivity contribution in [2.45, 2.75) is 31.6 Å². The van der Waals surface area contributed by atoms with Crippen LogP contribution in [0.25, 0.3) is 0 Å². The molecule has 150 valence electrons. The Morgan fingerprint density at radius 2 is 1.93 bits per heavy atom. The number of hydrogen-bond donors (Lipinski definition) is 1. The Balaban J connectivity index is 1.62. The number of carbonyl (C=O) groups is 1. The van der Waals surface area contributed by atoms with Crippen LogP contribution in [-0.4, -0.2) is 20.9 Å². The molecule has 7 heteroatoms. The van der Waals surface area contributed by atoms with Gasteiger partial charge >= 0.3 is 0 Å². The zero-order valence-electron chi connectivity index (χ0n) is 16.3. The van der Waals surface area contributed by atoms with E-state index in [4.69, 9.17) is 4.42 Å². The van der Waals surface area contributed by atoms with E-state index >= 15 is 0 Å². The van der Waals surface area contributed by atoms with Crippen molar-refractivity contribution in [2.24, 2.45) is 0 Å². The van der Waals surface area contributed by atoms with Gasteiger partial charge in [-0.1, -0.05) is 17.7 Å². The van der Waals surface area contributed by atoms with E-state index in [2.05, 4.69) is 4.72 Å². The number of aryl methyl sites for hydroxylation is 3. The number of fused-ring (bicyclic) bond motifs is 1. The molecular weight excluding hydrogens is 388 g/mol. The summed E-state index contributed by atoms with van der Waals surface area (Å²) in [7, 11) is -3.70. The van der Waals surface area contributed by atoms with Gasteiger partial charge in [-0.15, -0.1) is 0 Å². The molecule has 6 nitrogen and oxygen atoms in total. The van der Waals surface area contributed by atoms with Crippen LogP contribution < -0.4 is 9.62 Å². The van der Waals surface area contributed by atoms with E-state index < -0.39 is 10.0 Å². The summed E-state index contributed by atoms with van der Waals surface area (Å²) in [5, 5.41) is 0. The molecule has 0 radical (unpaired) electrons. The van der Waals surface area contributed by atoms with Crippen molar-refractivity contribution in [3.63, 3.8) is 0 Å². The van der Waals surface area contributed by atoms with Gasteiger partial charge in [0.1, 0.15) is 0 Å². The highest BCUT2D eigenvalue weighted by molar-refractivity contribution is 7.92. The van der Waals surface area contributed by atoms with Gasteiger partial charge in [-0.05, 0) is 74.2 Å². The molecule has 1 amide bonds. The van der Waals surface area contributed by atoms with E-state index in [1.807, 2.05) is 13.0 Å². The van der Waals surface area contributed by atoms with Gasteiger partial charge in [0, 0.05) is 17.9 Å². The number of benzene rings is 2. The summed E-state index contributed by atoms with van der Waals surface area (Å²) in [4.78, 5) is 14.6. The summed E-state index contributed by atoms with van der Waals surface area (Å²) in [6.45, 7) is 4.31. The molecule has 29 heavy (non-hydrogen) atoms. The second kappa shape index (κ2) is 7.40. The lowest BCUT2D eigenvalue weighted by molar-refractivity contribution is 0.0958. The lowest BCUT2D eigenvalue weighted by Gasteiger charge is -2.29. The molecular formula is C22H22N2O4S. The molecule has 1 N–H and O–H groups in total. The normalized spacial score (nSPS) is 13.8. The SMILES string of the molecule is Cc1ccc(S(=O)(=O)Nc2ccc3c(c2)CCCN3C(=O)c2ccco2)c(C)c1. The Morgan fingerprint density at radius 3 is 2.66 bits per heavy atom. The lowest BCUT2D eigenvalue weighted by atomic mass is 10.0. The molecule has 0 atom stereocenters. The van der Waals surface area contributed by atoms with E-state index in [1.165, 1.54) is 6.26 Å². The maximum absolute atomic E-state index is 12.8. The van der Waals surface area contributed by atoms with Crippen molar-refractivity contribution < 1.29 is 17.6 Å². The molecule has 0 aliphatic carbocycles. The molecule has 0 fully saturated rings. The van der Waals surface area contributed by atoms with Crippen LogP contribution in [0, 0.1) is 13.8 Å². The Kier molecular flexibility index (Phi) is 4.92. The van der Waals surface area contributed by atoms with Crippen molar-refractivity contribution in [2.75, 3.05) is 16.2 Å². The van der Waals surface area contributed by atoms with Crippen LogP contribution in [0.2, 0.25) is 0 Å². The Hall–Kier alpha value is -3.06. The lowest BCUT2D eigenvalue weighted by Crippen LogP contribution is -2.35. The standard InChI is InChI=1S/C22H22N2O4S/c1-15-7-10-21(16(2)13-15)29(26,27)23-18-8-9-19-17(14-18)5-3-11-24(19)22(25)20-6-4-12-28-20/h4,6-10,12-14,23H,3,5,11H2,1-2H3.